The molecular formula is C13H14ClNO3. The lowest BCUT2D eigenvalue weighted by molar-refractivity contribution is -0.147. The van der Waals surface area contributed by atoms with E-state index >= 15 is 0 Å². The predicted octanol–water partition coefficient (Wildman–Crippen LogP) is 2.48. The molecule has 2 rings (SSSR count). The van der Waals surface area contributed by atoms with E-state index in [1.54, 1.807) is 19.1 Å². The number of benzene rings is 1. The summed E-state index contributed by atoms with van der Waals surface area (Å²) in [5.74, 6) is -1.13. The number of carbonyl (C=O) groups excluding carboxylic acids is 1. The normalized spacial score (nSPS) is 23.5. The van der Waals surface area contributed by atoms with E-state index in [-0.39, 0.29) is 18.9 Å². The van der Waals surface area contributed by atoms with Crippen LogP contribution >= 0.6 is 11.6 Å². The number of aliphatic carboxylic acids is 1. The summed E-state index contributed by atoms with van der Waals surface area (Å²) in [5.41, 5.74) is 0.581. The quantitative estimate of drug-likeness (QED) is 0.896. The van der Waals surface area contributed by atoms with Crippen molar-refractivity contribution in [2.75, 3.05) is 11.4 Å². The third-order valence-electron chi connectivity index (χ3n) is 3.20. The summed E-state index contributed by atoms with van der Waals surface area (Å²) >= 11 is 5.96. The molecule has 0 radical (unpaired) electrons. The molecule has 0 aliphatic carbocycles. The van der Waals surface area contributed by atoms with E-state index in [1.165, 1.54) is 4.90 Å². The van der Waals surface area contributed by atoms with Gasteiger partial charge in [0.2, 0.25) is 5.91 Å². The summed E-state index contributed by atoms with van der Waals surface area (Å²) in [6.45, 7) is 3.65. The largest absolute Gasteiger partial charge is 0.481 e. The van der Waals surface area contributed by atoms with Gasteiger partial charge in [0.15, 0.2) is 0 Å². The molecule has 0 saturated carbocycles. The highest BCUT2D eigenvalue weighted by atomic mass is 35.5. The van der Waals surface area contributed by atoms with Crippen LogP contribution in [0, 0.1) is 12.3 Å². The summed E-state index contributed by atoms with van der Waals surface area (Å²) in [4.78, 5) is 24.6. The number of nitrogens with zero attached hydrogens (tertiary/aromatic N) is 1. The Kier molecular flexibility index (Phi) is 3.07. The zero-order valence-electron chi connectivity index (χ0n) is 10.2. The first-order valence-corrected chi connectivity index (χ1v) is 6.00. The van der Waals surface area contributed by atoms with Gasteiger partial charge in [-0.05, 0) is 37.6 Å². The lowest BCUT2D eigenvalue weighted by atomic mass is 9.90. The molecular weight excluding hydrogens is 254 g/mol. The van der Waals surface area contributed by atoms with Crippen molar-refractivity contribution in [3.05, 3.63) is 28.8 Å². The number of hydrogen-bond acceptors (Lipinski definition) is 2. The van der Waals surface area contributed by atoms with Crippen LogP contribution in [0.4, 0.5) is 5.69 Å². The average molecular weight is 268 g/mol. The lowest BCUT2D eigenvalue weighted by Gasteiger charge is -2.20. The Morgan fingerprint density at radius 3 is 2.61 bits per heavy atom. The second-order valence-electron chi connectivity index (χ2n) is 5.01. The lowest BCUT2D eigenvalue weighted by Crippen LogP contribution is -2.32. The van der Waals surface area contributed by atoms with Crippen LogP contribution in [-0.4, -0.2) is 23.5 Å². The van der Waals surface area contributed by atoms with Gasteiger partial charge in [-0.2, -0.15) is 0 Å². The summed E-state index contributed by atoms with van der Waals surface area (Å²) < 4.78 is 0. The molecule has 1 heterocycles. The molecule has 1 aromatic carbocycles. The van der Waals surface area contributed by atoms with Crippen molar-refractivity contribution in [1.29, 1.82) is 0 Å². The average Bonchev–Trinajstić information content (AvgIpc) is 2.54. The Balaban J connectivity index is 2.35. The second kappa shape index (κ2) is 4.28. The minimum absolute atomic E-state index is 0.0217. The number of aryl methyl sites for hydroxylation is 1. The van der Waals surface area contributed by atoms with Gasteiger partial charge in [0.25, 0.3) is 0 Å². The fourth-order valence-corrected chi connectivity index (χ4v) is 2.46. The van der Waals surface area contributed by atoms with Crippen LogP contribution in [0.3, 0.4) is 0 Å². The zero-order chi connectivity index (χ0) is 13.5. The first-order valence-electron chi connectivity index (χ1n) is 5.63. The molecule has 18 heavy (non-hydrogen) atoms. The monoisotopic (exact) mass is 267 g/mol. The van der Waals surface area contributed by atoms with Gasteiger partial charge in [0, 0.05) is 23.7 Å². The van der Waals surface area contributed by atoms with Gasteiger partial charge >= 0.3 is 5.97 Å². The molecule has 1 N–H and O–H groups in total. The Morgan fingerprint density at radius 1 is 1.44 bits per heavy atom. The number of anilines is 1. The minimum atomic E-state index is -1.02. The van der Waals surface area contributed by atoms with Gasteiger partial charge in [-0.1, -0.05) is 11.6 Å². The van der Waals surface area contributed by atoms with Crippen LogP contribution in [0.15, 0.2) is 18.2 Å². The fraction of sp³-hybridized carbons (Fsp3) is 0.385. The number of carboxylic acids is 1. The van der Waals surface area contributed by atoms with Crippen molar-refractivity contribution < 1.29 is 14.7 Å². The van der Waals surface area contributed by atoms with Gasteiger partial charge in [0.05, 0.1) is 5.41 Å². The van der Waals surface area contributed by atoms with E-state index < -0.39 is 11.4 Å². The van der Waals surface area contributed by atoms with E-state index in [4.69, 9.17) is 16.7 Å². The Hall–Kier alpha value is -1.55. The molecule has 96 valence electrons. The highest BCUT2D eigenvalue weighted by molar-refractivity contribution is 6.31. The smallest absolute Gasteiger partial charge is 0.311 e. The molecule has 1 aromatic rings. The highest BCUT2D eigenvalue weighted by Gasteiger charge is 2.45. The van der Waals surface area contributed by atoms with E-state index in [9.17, 15) is 9.59 Å². The van der Waals surface area contributed by atoms with Crippen LogP contribution in [0.25, 0.3) is 0 Å². The number of amides is 1. The van der Waals surface area contributed by atoms with Crippen LogP contribution in [0.2, 0.25) is 5.02 Å². The highest BCUT2D eigenvalue weighted by Crippen LogP contribution is 2.35. The number of hydrogen-bond donors (Lipinski definition) is 1. The Bertz CT molecular complexity index is 509. The maximum absolute atomic E-state index is 11.9. The second-order valence-corrected chi connectivity index (χ2v) is 5.45. The van der Waals surface area contributed by atoms with Crippen molar-refractivity contribution in [3.8, 4) is 0 Å². The predicted molar refractivity (Wildman–Crippen MR) is 68.9 cm³/mol. The fourth-order valence-electron chi connectivity index (χ4n) is 2.17. The third kappa shape index (κ3) is 2.20. The summed E-state index contributed by atoms with van der Waals surface area (Å²) in [5, 5.41) is 9.70. The van der Waals surface area contributed by atoms with Crippen LogP contribution in [0.5, 0.6) is 0 Å². The van der Waals surface area contributed by atoms with E-state index in [0.717, 1.165) is 5.56 Å². The molecule has 4 nitrogen and oxygen atoms in total. The first kappa shape index (κ1) is 12.9. The summed E-state index contributed by atoms with van der Waals surface area (Å²) in [7, 11) is 0. The molecule has 0 aromatic heterocycles. The van der Waals surface area contributed by atoms with Crippen molar-refractivity contribution in [1.82, 2.24) is 0 Å². The van der Waals surface area contributed by atoms with Gasteiger partial charge in [-0.25, -0.2) is 0 Å². The molecule has 0 spiro atoms. The minimum Gasteiger partial charge on any atom is -0.481 e. The standard InChI is InChI=1S/C13H14ClNO3/c1-8-3-9(14)5-10(4-8)15-7-13(2,12(17)18)6-11(15)16/h3-5H,6-7H2,1-2H3,(H,17,18). The van der Waals surface area contributed by atoms with Crippen molar-refractivity contribution in [2.24, 2.45) is 5.41 Å². The number of halogens is 1. The Morgan fingerprint density at radius 2 is 2.11 bits per heavy atom. The maximum atomic E-state index is 11.9. The molecule has 1 fully saturated rings. The number of carbonyl (C=O) groups is 2. The van der Waals surface area contributed by atoms with Crippen molar-refractivity contribution in [2.45, 2.75) is 20.3 Å². The molecule has 1 atom stereocenters. The molecule has 1 aliphatic heterocycles. The van der Waals surface area contributed by atoms with Crippen LogP contribution < -0.4 is 4.90 Å². The van der Waals surface area contributed by atoms with Gasteiger partial charge in [-0.15, -0.1) is 0 Å². The van der Waals surface area contributed by atoms with Gasteiger partial charge < -0.3 is 10.0 Å². The summed E-state index contributed by atoms with van der Waals surface area (Å²) in [6, 6.07) is 5.30. The molecule has 1 amide bonds. The van der Waals surface area contributed by atoms with E-state index in [2.05, 4.69) is 0 Å². The Labute approximate surface area is 110 Å². The zero-order valence-corrected chi connectivity index (χ0v) is 11.0. The van der Waals surface area contributed by atoms with Crippen LogP contribution in [-0.2, 0) is 9.59 Å². The molecule has 0 bridgehead atoms. The van der Waals surface area contributed by atoms with Gasteiger partial charge in [0.1, 0.15) is 0 Å². The van der Waals surface area contributed by atoms with Crippen molar-refractivity contribution >= 4 is 29.2 Å². The molecule has 5 heteroatoms. The van der Waals surface area contributed by atoms with Gasteiger partial charge in [-0.3, -0.25) is 9.59 Å². The molecule has 1 saturated heterocycles. The topological polar surface area (TPSA) is 57.6 Å². The third-order valence-corrected chi connectivity index (χ3v) is 3.42. The number of carboxylic acid groups (broad SMARTS) is 1. The molecule has 1 aliphatic rings. The van der Waals surface area contributed by atoms with Crippen molar-refractivity contribution in [3.63, 3.8) is 0 Å². The first-order chi connectivity index (χ1) is 8.32. The maximum Gasteiger partial charge on any atom is 0.311 e. The van der Waals surface area contributed by atoms with E-state index in [1.807, 2.05) is 13.0 Å². The summed E-state index contributed by atoms with van der Waals surface area (Å²) in [6.07, 6.45) is 0.0217. The van der Waals surface area contributed by atoms with E-state index in [0.29, 0.717) is 10.7 Å². The number of rotatable bonds is 2. The SMILES string of the molecule is Cc1cc(Cl)cc(N2CC(C)(C(=O)O)CC2=O)c1. The molecule has 1 unspecified atom stereocenters. The van der Waals surface area contributed by atoms with Crippen LogP contribution in [0.1, 0.15) is 18.9 Å².